The molecule has 0 amide bonds. The third-order valence-electron chi connectivity index (χ3n) is 2.79. The second-order valence-corrected chi connectivity index (χ2v) is 4.20. The number of nitrogens with zero attached hydrogens (tertiary/aromatic N) is 1. The first kappa shape index (κ1) is 10.9. The van der Waals surface area contributed by atoms with Crippen molar-refractivity contribution < 1.29 is 8.78 Å². The maximum atomic E-state index is 12.6. The number of hydrogen-bond acceptors (Lipinski definition) is 1. The number of halogens is 2. The van der Waals surface area contributed by atoms with E-state index in [-0.39, 0.29) is 6.54 Å². The predicted octanol–water partition coefficient (Wildman–Crippen LogP) is 2.76. The van der Waals surface area contributed by atoms with Gasteiger partial charge in [0.15, 0.2) is 0 Å². The zero-order valence-corrected chi connectivity index (χ0v) is 8.52. The Morgan fingerprint density at radius 2 is 1.85 bits per heavy atom. The van der Waals surface area contributed by atoms with Crippen LogP contribution >= 0.6 is 0 Å². The molecule has 0 aromatic heterocycles. The summed E-state index contributed by atoms with van der Waals surface area (Å²) in [4.78, 5) is 1.88. The van der Waals surface area contributed by atoms with E-state index in [1.807, 2.05) is 4.90 Å². The van der Waals surface area contributed by atoms with Gasteiger partial charge >= 0.3 is 0 Å². The molecule has 0 spiro atoms. The van der Waals surface area contributed by atoms with E-state index < -0.39 is 5.92 Å². The number of piperidine rings is 1. The van der Waals surface area contributed by atoms with E-state index in [2.05, 4.69) is 6.92 Å². The van der Waals surface area contributed by atoms with Crippen LogP contribution in [-0.4, -0.2) is 30.5 Å². The van der Waals surface area contributed by atoms with E-state index in [0.29, 0.717) is 0 Å². The van der Waals surface area contributed by atoms with Crippen molar-refractivity contribution in [1.82, 2.24) is 4.90 Å². The van der Waals surface area contributed by atoms with Crippen LogP contribution in [0.1, 0.15) is 33.1 Å². The fraction of sp³-hybridized carbons (Fsp3) is 1.00. The van der Waals surface area contributed by atoms with E-state index in [1.54, 1.807) is 0 Å². The summed E-state index contributed by atoms with van der Waals surface area (Å²) in [5.41, 5.74) is 0. The molecule has 13 heavy (non-hydrogen) atoms. The molecule has 0 aromatic rings. The van der Waals surface area contributed by atoms with E-state index in [9.17, 15) is 8.78 Å². The Morgan fingerprint density at radius 3 is 2.23 bits per heavy atom. The Balaban J connectivity index is 2.25. The topological polar surface area (TPSA) is 3.24 Å². The van der Waals surface area contributed by atoms with Crippen molar-refractivity contribution in [3.8, 4) is 0 Å². The highest BCUT2D eigenvalue weighted by atomic mass is 19.3. The monoisotopic (exact) mass is 191 g/mol. The van der Waals surface area contributed by atoms with Crippen LogP contribution in [0.25, 0.3) is 0 Å². The van der Waals surface area contributed by atoms with Crippen molar-refractivity contribution in [2.24, 2.45) is 5.92 Å². The largest absolute Gasteiger partial charge is 0.297 e. The molecular weight excluding hydrogens is 172 g/mol. The number of hydrogen-bond donors (Lipinski definition) is 0. The highest BCUT2D eigenvalue weighted by Crippen LogP contribution is 2.22. The van der Waals surface area contributed by atoms with Crippen LogP contribution in [0.3, 0.4) is 0 Å². The predicted molar refractivity (Wildman–Crippen MR) is 50.1 cm³/mol. The molecule has 1 rings (SSSR count). The second-order valence-electron chi connectivity index (χ2n) is 4.20. The summed E-state index contributed by atoms with van der Waals surface area (Å²) in [5, 5.41) is 0. The second kappa shape index (κ2) is 4.36. The molecule has 1 saturated heterocycles. The molecule has 1 fully saturated rings. The molecule has 1 nitrogen and oxygen atoms in total. The van der Waals surface area contributed by atoms with Crippen molar-refractivity contribution in [3.05, 3.63) is 0 Å². The third kappa shape index (κ3) is 4.03. The number of rotatable bonds is 3. The molecule has 0 radical (unpaired) electrons. The standard InChI is InChI=1S/C10H19F2N/c1-3-9-4-6-13(7-5-9)8-10(2,11)12/h9H,3-8H2,1-2H3. The average Bonchev–Trinajstić information content (AvgIpc) is 2.03. The van der Waals surface area contributed by atoms with Crippen molar-refractivity contribution in [1.29, 1.82) is 0 Å². The molecule has 0 aromatic carbocycles. The van der Waals surface area contributed by atoms with Gasteiger partial charge in [-0.15, -0.1) is 0 Å². The molecule has 0 unspecified atom stereocenters. The lowest BCUT2D eigenvalue weighted by atomic mass is 9.94. The van der Waals surface area contributed by atoms with Crippen molar-refractivity contribution in [2.75, 3.05) is 19.6 Å². The summed E-state index contributed by atoms with van der Waals surface area (Å²) in [6.45, 7) is 4.81. The Morgan fingerprint density at radius 1 is 1.31 bits per heavy atom. The fourth-order valence-corrected chi connectivity index (χ4v) is 1.95. The molecule has 1 aliphatic rings. The minimum absolute atomic E-state index is 0.0660. The maximum absolute atomic E-state index is 12.6. The van der Waals surface area contributed by atoms with Gasteiger partial charge in [-0.1, -0.05) is 13.3 Å². The quantitative estimate of drug-likeness (QED) is 0.663. The molecule has 0 aliphatic carbocycles. The van der Waals surface area contributed by atoms with Crippen LogP contribution in [0.5, 0.6) is 0 Å². The van der Waals surface area contributed by atoms with Crippen molar-refractivity contribution >= 4 is 0 Å². The van der Waals surface area contributed by atoms with Gasteiger partial charge in [0.05, 0.1) is 6.54 Å². The molecule has 78 valence electrons. The van der Waals surface area contributed by atoms with Crippen LogP contribution in [0.2, 0.25) is 0 Å². The summed E-state index contributed by atoms with van der Waals surface area (Å²) < 4.78 is 25.3. The van der Waals surface area contributed by atoms with Gasteiger partial charge in [0.2, 0.25) is 0 Å². The van der Waals surface area contributed by atoms with Gasteiger partial charge in [0.1, 0.15) is 0 Å². The summed E-state index contributed by atoms with van der Waals surface area (Å²) in [5.74, 6) is -1.76. The molecule has 0 N–H and O–H groups in total. The van der Waals surface area contributed by atoms with Crippen LogP contribution in [0.4, 0.5) is 8.78 Å². The Labute approximate surface area is 79.1 Å². The normalized spacial score (nSPS) is 22.2. The lowest BCUT2D eigenvalue weighted by molar-refractivity contribution is -0.0223. The molecular formula is C10H19F2N. The SMILES string of the molecule is CCC1CCN(CC(C)(F)F)CC1. The molecule has 0 bridgehead atoms. The summed E-state index contributed by atoms with van der Waals surface area (Å²) in [7, 11) is 0. The smallest absolute Gasteiger partial charge is 0.257 e. The summed E-state index contributed by atoms with van der Waals surface area (Å²) in [6, 6.07) is 0. The highest BCUT2D eigenvalue weighted by Gasteiger charge is 2.27. The van der Waals surface area contributed by atoms with Gasteiger partial charge in [0.25, 0.3) is 5.92 Å². The van der Waals surface area contributed by atoms with Gasteiger partial charge < -0.3 is 0 Å². The Hall–Kier alpha value is -0.180. The lowest BCUT2D eigenvalue weighted by Gasteiger charge is -2.32. The zero-order chi connectivity index (χ0) is 9.90. The minimum Gasteiger partial charge on any atom is -0.297 e. The summed E-state index contributed by atoms with van der Waals surface area (Å²) in [6.07, 6.45) is 3.37. The van der Waals surface area contributed by atoms with Crippen LogP contribution in [0.15, 0.2) is 0 Å². The van der Waals surface area contributed by atoms with Gasteiger partial charge in [-0.05, 0) is 31.8 Å². The first-order chi connectivity index (χ1) is 6.01. The van der Waals surface area contributed by atoms with E-state index in [0.717, 1.165) is 38.8 Å². The Kier molecular flexibility index (Phi) is 3.65. The summed E-state index contributed by atoms with van der Waals surface area (Å²) >= 11 is 0. The first-order valence-corrected chi connectivity index (χ1v) is 5.11. The molecule has 0 saturated carbocycles. The van der Waals surface area contributed by atoms with Crippen molar-refractivity contribution in [2.45, 2.75) is 39.0 Å². The average molecular weight is 191 g/mol. The van der Waals surface area contributed by atoms with Gasteiger partial charge in [-0.3, -0.25) is 4.90 Å². The highest BCUT2D eigenvalue weighted by molar-refractivity contribution is 4.74. The van der Waals surface area contributed by atoms with E-state index in [4.69, 9.17) is 0 Å². The zero-order valence-electron chi connectivity index (χ0n) is 8.52. The lowest BCUT2D eigenvalue weighted by Crippen LogP contribution is -2.40. The van der Waals surface area contributed by atoms with Gasteiger partial charge in [0, 0.05) is 6.92 Å². The van der Waals surface area contributed by atoms with E-state index >= 15 is 0 Å². The fourth-order valence-electron chi connectivity index (χ4n) is 1.95. The van der Waals surface area contributed by atoms with Crippen LogP contribution < -0.4 is 0 Å². The van der Waals surface area contributed by atoms with E-state index in [1.165, 1.54) is 6.42 Å². The maximum Gasteiger partial charge on any atom is 0.257 e. The van der Waals surface area contributed by atoms with Gasteiger partial charge in [-0.25, -0.2) is 8.78 Å². The minimum atomic E-state index is -2.53. The molecule has 1 heterocycles. The van der Waals surface area contributed by atoms with Crippen LogP contribution in [-0.2, 0) is 0 Å². The molecule has 1 aliphatic heterocycles. The molecule has 0 atom stereocenters. The number of likely N-dealkylation sites (tertiary alicyclic amines) is 1. The van der Waals surface area contributed by atoms with Crippen molar-refractivity contribution in [3.63, 3.8) is 0 Å². The van der Waals surface area contributed by atoms with Crippen LogP contribution in [0, 0.1) is 5.92 Å². The Bertz CT molecular complexity index is 145. The van der Waals surface area contributed by atoms with Gasteiger partial charge in [-0.2, -0.15) is 0 Å². The number of alkyl halides is 2. The first-order valence-electron chi connectivity index (χ1n) is 5.11. The third-order valence-corrected chi connectivity index (χ3v) is 2.79. The molecule has 3 heteroatoms.